The van der Waals surface area contributed by atoms with Crippen LogP contribution >= 0.6 is 11.8 Å². The molecule has 19 heavy (non-hydrogen) atoms. The van der Waals surface area contributed by atoms with Gasteiger partial charge in [0.2, 0.25) is 0 Å². The lowest BCUT2D eigenvalue weighted by Crippen LogP contribution is -2.28. The molecule has 0 radical (unpaired) electrons. The Morgan fingerprint density at radius 1 is 1.53 bits per heavy atom. The number of hydrogen-bond donors (Lipinski definition) is 2. The van der Waals surface area contributed by atoms with Crippen molar-refractivity contribution in [3.05, 3.63) is 29.2 Å². The van der Waals surface area contributed by atoms with E-state index in [0.29, 0.717) is 4.91 Å². The molecule has 2 aromatic rings. The highest BCUT2D eigenvalue weighted by Crippen LogP contribution is 2.30. The number of fused-ring (bicyclic) bond motifs is 1. The van der Waals surface area contributed by atoms with Crippen LogP contribution in [0.3, 0.4) is 0 Å². The first kappa shape index (κ1) is 12.0. The Labute approximate surface area is 114 Å². The molecule has 0 saturated carbocycles. The first-order valence-electron chi connectivity index (χ1n) is 5.86. The van der Waals surface area contributed by atoms with Crippen molar-refractivity contribution in [1.29, 1.82) is 0 Å². The summed E-state index contributed by atoms with van der Waals surface area (Å²) in [4.78, 5) is 25.5. The van der Waals surface area contributed by atoms with Gasteiger partial charge in [-0.05, 0) is 12.5 Å². The van der Waals surface area contributed by atoms with Gasteiger partial charge in [0.05, 0.1) is 10.3 Å². The Balaban J connectivity index is 2.11. The predicted molar refractivity (Wildman–Crippen MR) is 75.7 cm³/mol. The summed E-state index contributed by atoms with van der Waals surface area (Å²) < 4.78 is 0. The minimum absolute atomic E-state index is 0.397. The zero-order valence-corrected chi connectivity index (χ0v) is 11.2. The Morgan fingerprint density at radius 2 is 2.37 bits per heavy atom. The van der Waals surface area contributed by atoms with Gasteiger partial charge >= 0.3 is 0 Å². The third kappa shape index (κ3) is 2.06. The minimum Gasteiger partial charge on any atom is -0.365 e. The SMILES string of the molecule is Cc1c[nH]c2ncnc(N3C=C(C(N)=O)SCC3)c12. The molecule has 98 valence electrons. The Morgan fingerprint density at radius 3 is 3.16 bits per heavy atom. The molecule has 6 nitrogen and oxygen atoms in total. The third-order valence-corrected chi connectivity index (χ3v) is 4.03. The molecule has 0 spiro atoms. The Hall–Kier alpha value is -2.02. The molecule has 0 fully saturated rings. The molecular formula is C12H13N5OS. The summed E-state index contributed by atoms with van der Waals surface area (Å²) in [6, 6.07) is 0. The number of nitrogens with one attached hydrogen (secondary N) is 1. The minimum atomic E-state index is -0.397. The van der Waals surface area contributed by atoms with Crippen molar-refractivity contribution in [3.8, 4) is 0 Å². The highest BCUT2D eigenvalue weighted by Gasteiger charge is 2.19. The number of rotatable bonds is 2. The smallest absolute Gasteiger partial charge is 0.256 e. The molecule has 0 saturated heterocycles. The van der Waals surface area contributed by atoms with Crippen LogP contribution in [-0.2, 0) is 4.79 Å². The summed E-state index contributed by atoms with van der Waals surface area (Å²) in [7, 11) is 0. The van der Waals surface area contributed by atoms with Crippen molar-refractivity contribution in [2.45, 2.75) is 6.92 Å². The van der Waals surface area contributed by atoms with Gasteiger partial charge < -0.3 is 15.6 Å². The molecule has 3 rings (SSSR count). The van der Waals surface area contributed by atoms with E-state index in [-0.39, 0.29) is 0 Å². The highest BCUT2D eigenvalue weighted by atomic mass is 32.2. The van der Waals surface area contributed by atoms with E-state index in [1.807, 2.05) is 18.0 Å². The molecule has 0 aromatic carbocycles. The van der Waals surface area contributed by atoms with Gasteiger partial charge in [0.1, 0.15) is 17.8 Å². The van der Waals surface area contributed by atoms with Gasteiger partial charge in [0, 0.05) is 24.7 Å². The molecule has 3 heterocycles. The van der Waals surface area contributed by atoms with Gasteiger partial charge in [0.25, 0.3) is 5.91 Å². The van der Waals surface area contributed by atoms with E-state index in [2.05, 4.69) is 15.0 Å². The normalized spacial score (nSPS) is 15.6. The van der Waals surface area contributed by atoms with Crippen LogP contribution in [0.5, 0.6) is 0 Å². The maximum Gasteiger partial charge on any atom is 0.256 e. The predicted octanol–water partition coefficient (Wildman–Crippen LogP) is 1.15. The maximum absolute atomic E-state index is 11.3. The standard InChI is InChI=1S/C12H13N5OS/c1-7-4-14-11-9(7)12(16-6-15-11)17-2-3-19-8(5-17)10(13)18/h4-6H,2-3H2,1H3,(H2,13,18)(H,14,15,16). The molecule has 1 aliphatic rings. The molecular weight excluding hydrogens is 262 g/mol. The summed E-state index contributed by atoms with van der Waals surface area (Å²) in [5, 5.41) is 0.981. The van der Waals surface area contributed by atoms with E-state index < -0.39 is 5.91 Å². The summed E-state index contributed by atoms with van der Waals surface area (Å²) in [5.74, 6) is 1.22. The maximum atomic E-state index is 11.3. The number of nitrogens with two attached hydrogens (primary N) is 1. The zero-order chi connectivity index (χ0) is 13.4. The van der Waals surface area contributed by atoms with Crippen LogP contribution in [0.25, 0.3) is 11.0 Å². The lowest BCUT2D eigenvalue weighted by Gasteiger charge is -2.25. The molecule has 0 unspecified atom stereocenters. The molecule has 2 aromatic heterocycles. The average molecular weight is 275 g/mol. The zero-order valence-electron chi connectivity index (χ0n) is 10.4. The summed E-state index contributed by atoms with van der Waals surface area (Å²) in [6.45, 7) is 2.79. The van der Waals surface area contributed by atoms with E-state index in [4.69, 9.17) is 5.73 Å². The quantitative estimate of drug-likeness (QED) is 0.858. The topological polar surface area (TPSA) is 87.9 Å². The molecule has 1 amide bonds. The number of anilines is 1. The lowest BCUT2D eigenvalue weighted by atomic mass is 10.2. The van der Waals surface area contributed by atoms with Crippen molar-refractivity contribution in [3.63, 3.8) is 0 Å². The van der Waals surface area contributed by atoms with E-state index in [1.54, 1.807) is 6.20 Å². The van der Waals surface area contributed by atoms with Gasteiger partial charge in [-0.2, -0.15) is 0 Å². The van der Waals surface area contributed by atoms with E-state index >= 15 is 0 Å². The van der Waals surface area contributed by atoms with Crippen molar-refractivity contribution in [1.82, 2.24) is 15.0 Å². The number of amides is 1. The number of primary amides is 1. The monoisotopic (exact) mass is 275 g/mol. The number of aromatic nitrogens is 3. The summed E-state index contributed by atoms with van der Waals surface area (Å²) in [5.41, 5.74) is 7.22. The second kappa shape index (κ2) is 4.58. The fraction of sp³-hybridized carbons (Fsp3) is 0.250. The third-order valence-electron chi connectivity index (χ3n) is 3.02. The second-order valence-electron chi connectivity index (χ2n) is 4.29. The van der Waals surface area contributed by atoms with Crippen LogP contribution in [0.1, 0.15) is 5.56 Å². The average Bonchev–Trinajstić information content (AvgIpc) is 2.81. The van der Waals surface area contributed by atoms with Crippen LogP contribution < -0.4 is 10.6 Å². The van der Waals surface area contributed by atoms with Crippen LogP contribution in [0.4, 0.5) is 5.82 Å². The number of hydrogen-bond acceptors (Lipinski definition) is 5. The van der Waals surface area contributed by atoms with Crippen LogP contribution in [0, 0.1) is 6.92 Å². The van der Waals surface area contributed by atoms with Gasteiger partial charge in [-0.25, -0.2) is 9.97 Å². The molecule has 7 heteroatoms. The fourth-order valence-electron chi connectivity index (χ4n) is 2.11. The van der Waals surface area contributed by atoms with Crippen molar-refractivity contribution in [2.24, 2.45) is 5.73 Å². The largest absolute Gasteiger partial charge is 0.365 e. The van der Waals surface area contributed by atoms with E-state index in [9.17, 15) is 4.79 Å². The van der Waals surface area contributed by atoms with Crippen molar-refractivity contribution < 1.29 is 4.79 Å². The number of nitrogens with zero attached hydrogens (tertiary/aromatic N) is 3. The van der Waals surface area contributed by atoms with Gasteiger partial charge in [-0.15, -0.1) is 11.8 Å². The fourth-order valence-corrected chi connectivity index (χ4v) is 2.97. The van der Waals surface area contributed by atoms with Crippen LogP contribution in [0.15, 0.2) is 23.6 Å². The molecule has 1 aliphatic heterocycles. The summed E-state index contributed by atoms with van der Waals surface area (Å²) >= 11 is 1.48. The number of carbonyl (C=O) groups excluding carboxylic acids is 1. The van der Waals surface area contributed by atoms with Gasteiger partial charge in [-0.3, -0.25) is 4.79 Å². The molecule has 3 N–H and O–H groups in total. The number of aryl methyl sites for hydroxylation is 1. The van der Waals surface area contributed by atoms with E-state index in [1.165, 1.54) is 18.1 Å². The first-order valence-corrected chi connectivity index (χ1v) is 6.85. The van der Waals surface area contributed by atoms with E-state index in [0.717, 1.165) is 34.7 Å². The number of H-pyrrole nitrogens is 1. The molecule has 0 bridgehead atoms. The highest BCUT2D eigenvalue weighted by molar-refractivity contribution is 8.04. The van der Waals surface area contributed by atoms with Gasteiger partial charge in [0.15, 0.2) is 0 Å². The van der Waals surface area contributed by atoms with Crippen molar-refractivity contribution in [2.75, 3.05) is 17.2 Å². The Kier molecular flexibility index (Phi) is 2.90. The van der Waals surface area contributed by atoms with Crippen molar-refractivity contribution >= 4 is 34.5 Å². The number of thioether (sulfide) groups is 1. The van der Waals surface area contributed by atoms with Crippen LogP contribution in [-0.4, -0.2) is 33.2 Å². The lowest BCUT2D eigenvalue weighted by molar-refractivity contribution is -0.113. The number of aromatic amines is 1. The van der Waals surface area contributed by atoms with Gasteiger partial charge in [-0.1, -0.05) is 0 Å². The molecule has 0 atom stereocenters. The second-order valence-corrected chi connectivity index (χ2v) is 5.43. The Bertz CT molecular complexity index is 678. The summed E-state index contributed by atoms with van der Waals surface area (Å²) in [6.07, 6.45) is 5.19. The first-order chi connectivity index (χ1) is 9.16. The molecule has 0 aliphatic carbocycles. The number of carbonyl (C=O) groups is 1. The van der Waals surface area contributed by atoms with Crippen LogP contribution in [0.2, 0.25) is 0 Å².